The van der Waals surface area contributed by atoms with Crippen LogP contribution in [0.15, 0.2) is 0 Å². The van der Waals surface area contributed by atoms with E-state index in [0.717, 1.165) is 5.95 Å². The van der Waals surface area contributed by atoms with Gasteiger partial charge in [-0.1, -0.05) is 18.9 Å². The topological polar surface area (TPSA) is 46.8 Å². The van der Waals surface area contributed by atoms with Crippen molar-refractivity contribution in [3.05, 3.63) is 0 Å². The summed E-state index contributed by atoms with van der Waals surface area (Å²) in [5.74, 6) is 1.39. The molecule has 0 aliphatic rings. The first-order chi connectivity index (χ1) is 6.04. The summed E-state index contributed by atoms with van der Waals surface area (Å²) in [5.41, 5.74) is 0. The highest BCUT2D eigenvalue weighted by Crippen LogP contribution is 2.14. The van der Waals surface area contributed by atoms with Crippen molar-refractivity contribution in [2.45, 2.75) is 26.8 Å². The maximum absolute atomic E-state index is 3.95. The van der Waals surface area contributed by atoms with Gasteiger partial charge >= 0.3 is 0 Å². The van der Waals surface area contributed by atoms with Gasteiger partial charge < -0.3 is 4.90 Å². The zero-order valence-corrected chi connectivity index (χ0v) is 8.89. The number of hydrogen-bond donors (Lipinski definition) is 0. The summed E-state index contributed by atoms with van der Waals surface area (Å²) in [6.07, 6.45) is 0. The summed E-state index contributed by atoms with van der Waals surface area (Å²) < 4.78 is 1.68. The van der Waals surface area contributed by atoms with Gasteiger partial charge in [-0.3, -0.25) is 0 Å². The van der Waals surface area contributed by atoms with Crippen molar-refractivity contribution in [2.24, 2.45) is 13.0 Å². The number of rotatable bonds is 3. The van der Waals surface area contributed by atoms with Crippen LogP contribution in [0.2, 0.25) is 0 Å². The molecule has 1 aromatic heterocycles. The smallest absolute Gasteiger partial charge is 0.245 e. The van der Waals surface area contributed by atoms with Gasteiger partial charge in [0.2, 0.25) is 5.95 Å². The van der Waals surface area contributed by atoms with Gasteiger partial charge in [-0.2, -0.15) is 0 Å². The number of nitrogens with zero attached hydrogens (tertiary/aromatic N) is 5. The summed E-state index contributed by atoms with van der Waals surface area (Å²) in [6.45, 7) is 6.54. The Labute approximate surface area is 78.7 Å². The van der Waals surface area contributed by atoms with Crippen molar-refractivity contribution in [1.82, 2.24) is 20.2 Å². The molecule has 5 nitrogen and oxygen atoms in total. The molecule has 5 heteroatoms. The largest absolute Gasteiger partial charge is 0.340 e. The highest BCUT2D eigenvalue weighted by Gasteiger charge is 2.17. The first-order valence-electron chi connectivity index (χ1n) is 4.49. The Morgan fingerprint density at radius 1 is 1.31 bits per heavy atom. The summed E-state index contributed by atoms with van der Waals surface area (Å²) >= 11 is 0. The van der Waals surface area contributed by atoms with Crippen LogP contribution in [0.4, 0.5) is 5.95 Å². The molecule has 13 heavy (non-hydrogen) atoms. The minimum atomic E-state index is 0.435. The molecule has 0 radical (unpaired) electrons. The summed E-state index contributed by atoms with van der Waals surface area (Å²) in [4.78, 5) is 2.09. The van der Waals surface area contributed by atoms with Crippen LogP contribution in [-0.2, 0) is 7.05 Å². The SMILES string of the molecule is CC(C)C(C)N(C)c1nnnn1C. The van der Waals surface area contributed by atoms with Gasteiger partial charge in [0.05, 0.1) is 0 Å². The maximum Gasteiger partial charge on any atom is 0.245 e. The second-order valence-electron chi connectivity index (χ2n) is 3.70. The third kappa shape index (κ3) is 1.96. The van der Waals surface area contributed by atoms with Crippen molar-refractivity contribution in [3.63, 3.8) is 0 Å². The number of anilines is 1. The lowest BCUT2D eigenvalue weighted by Gasteiger charge is -2.27. The van der Waals surface area contributed by atoms with Crippen LogP contribution in [0.3, 0.4) is 0 Å². The minimum absolute atomic E-state index is 0.435. The van der Waals surface area contributed by atoms with Crippen LogP contribution in [0.25, 0.3) is 0 Å². The normalized spacial score (nSPS) is 13.4. The Balaban J connectivity index is 2.79. The fourth-order valence-electron chi connectivity index (χ4n) is 1.15. The molecule has 0 bridgehead atoms. The van der Waals surface area contributed by atoms with Crippen LogP contribution in [0, 0.1) is 5.92 Å². The Bertz CT molecular complexity index is 267. The molecule has 1 unspecified atom stereocenters. The Kier molecular flexibility index (Phi) is 2.85. The fourth-order valence-corrected chi connectivity index (χ4v) is 1.15. The zero-order valence-electron chi connectivity index (χ0n) is 8.89. The van der Waals surface area contributed by atoms with Gasteiger partial charge in [-0.05, 0) is 23.3 Å². The molecule has 0 aromatic carbocycles. The number of aromatic nitrogens is 4. The molecule has 0 saturated heterocycles. The van der Waals surface area contributed by atoms with Crippen LogP contribution in [-0.4, -0.2) is 33.3 Å². The van der Waals surface area contributed by atoms with Crippen molar-refractivity contribution in [1.29, 1.82) is 0 Å². The van der Waals surface area contributed by atoms with E-state index in [9.17, 15) is 0 Å². The van der Waals surface area contributed by atoms with Crippen LogP contribution in [0.1, 0.15) is 20.8 Å². The zero-order chi connectivity index (χ0) is 10.0. The van der Waals surface area contributed by atoms with Gasteiger partial charge in [0.1, 0.15) is 0 Å². The number of aryl methyl sites for hydroxylation is 1. The second-order valence-corrected chi connectivity index (χ2v) is 3.70. The highest BCUT2D eigenvalue weighted by atomic mass is 15.6. The highest BCUT2D eigenvalue weighted by molar-refractivity contribution is 5.27. The minimum Gasteiger partial charge on any atom is -0.340 e. The molecule has 0 spiro atoms. The lowest BCUT2D eigenvalue weighted by molar-refractivity contribution is 0.493. The molecule has 1 aromatic rings. The lowest BCUT2D eigenvalue weighted by Crippen LogP contribution is -2.35. The molecular weight excluding hydrogens is 166 g/mol. The lowest BCUT2D eigenvalue weighted by atomic mass is 10.1. The van der Waals surface area contributed by atoms with E-state index in [2.05, 4.69) is 41.2 Å². The molecular formula is C8H17N5. The second kappa shape index (κ2) is 3.72. The third-order valence-electron chi connectivity index (χ3n) is 2.49. The molecule has 0 aliphatic heterocycles. The number of tetrazole rings is 1. The van der Waals surface area contributed by atoms with Crippen LogP contribution in [0.5, 0.6) is 0 Å². The van der Waals surface area contributed by atoms with Gasteiger partial charge in [0, 0.05) is 20.1 Å². The average Bonchev–Trinajstić information content (AvgIpc) is 2.48. The monoisotopic (exact) mass is 183 g/mol. The molecule has 0 N–H and O–H groups in total. The predicted molar refractivity (Wildman–Crippen MR) is 51.5 cm³/mol. The first-order valence-corrected chi connectivity index (χ1v) is 4.49. The van der Waals surface area contributed by atoms with Crippen LogP contribution >= 0.6 is 0 Å². The Hall–Kier alpha value is -1.13. The third-order valence-corrected chi connectivity index (χ3v) is 2.49. The average molecular weight is 183 g/mol. The summed E-state index contributed by atoms with van der Waals surface area (Å²) in [5, 5.41) is 11.3. The van der Waals surface area contributed by atoms with Crippen LogP contribution < -0.4 is 4.90 Å². The van der Waals surface area contributed by atoms with Crippen molar-refractivity contribution >= 4 is 5.95 Å². The predicted octanol–water partition coefficient (Wildman–Crippen LogP) is 0.691. The van der Waals surface area contributed by atoms with Gasteiger partial charge in [-0.15, -0.1) is 0 Å². The Morgan fingerprint density at radius 3 is 2.31 bits per heavy atom. The van der Waals surface area contributed by atoms with E-state index < -0.39 is 0 Å². The quantitative estimate of drug-likeness (QED) is 0.691. The maximum atomic E-state index is 3.95. The molecule has 0 fully saturated rings. The number of hydrogen-bond acceptors (Lipinski definition) is 4. The van der Waals surface area contributed by atoms with E-state index in [4.69, 9.17) is 0 Å². The standard InChI is InChI=1S/C8H17N5/c1-6(2)7(3)12(4)8-9-10-11-13(8)5/h6-7H,1-5H3. The van der Waals surface area contributed by atoms with Gasteiger partial charge in [0.15, 0.2) is 0 Å². The molecule has 0 saturated carbocycles. The van der Waals surface area contributed by atoms with Gasteiger partial charge in [0.25, 0.3) is 0 Å². The molecule has 0 amide bonds. The van der Waals surface area contributed by atoms with Crippen molar-refractivity contribution in [2.75, 3.05) is 11.9 Å². The van der Waals surface area contributed by atoms with E-state index >= 15 is 0 Å². The van der Waals surface area contributed by atoms with E-state index in [1.807, 2.05) is 14.1 Å². The Morgan fingerprint density at radius 2 is 1.92 bits per heavy atom. The molecule has 1 atom stereocenters. The van der Waals surface area contributed by atoms with Crippen molar-refractivity contribution in [3.8, 4) is 0 Å². The fraction of sp³-hybridized carbons (Fsp3) is 0.875. The van der Waals surface area contributed by atoms with E-state index in [1.54, 1.807) is 4.68 Å². The first kappa shape index (κ1) is 9.95. The van der Waals surface area contributed by atoms with E-state index in [-0.39, 0.29) is 0 Å². The van der Waals surface area contributed by atoms with E-state index in [0.29, 0.717) is 12.0 Å². The summed E-state index contributed by atoms with van der Waals surface area (Å²) in [7, 11) is 3.86. The molecule has 74 valence electrons. The summed E-state index contributed by atoms with van der Waals surface area (Å²) in [6, 6.07) is 0.435. The van der Waals surface area contributed by atoms with Crippen molar-refractivity contribution < 1.29 is 0 Å². The molecule has 0 aliphatic carbocycles. The molecule has 1 heterocycles. The molecule has 1 rings (SSSR count). The van der Waals surface area contributed by atoms with E-state index in [1.165, 1.54) is 0 Å². The van der Waals surface area contributed by atoms with Gasteiger partial charge in [-0.25, -0.2) is 4.68 Å².